The number of benzene rings is 1. The van der Waals surface area contributed by atoms with Crippen molar-refractivity contribution in [2.24, 2.45) is 0 Å². The number of rotatable bonds is 8. The van der Waals surface area contributed by atoms with E-state index in [1.165, 1.54) is 11.3 Å². The van der Waals surface area contributed by atoms with Crippen LogP contribution >= 0.6 is 11.3 Å². The summed E-state index contributed by atoms with van der Waals surface area (Å²) in [6.45, 7) is 0.591. The third kappa shape index (κ3) is 4.29. The van der Waals surface area contributed by atoms with Gasteiger partial charge in [-0.25, -0.2) is 4.98 Å². The number of thiophene rings is 1. The van der Waals surface area contributed by atoms with Crippen molar-refractivity contribution in [2.45, 2.75) is 45.2 Å². The summed E-state index contributed by atoms with van der Waals surface area (Å²) in [5, 5.41) is 3.63. The van der Waals surface area contributed by atoms with Gasteiger partial charge in [0.2, 0.25) is 11.7 Å². The van der Waals surface area contributed by atoms with E-state index in [4.69, 9.17) is 14.2 Å². The second kappa shape index (κ2) is 9.60. The Morgan fingerprint density at radius 1 is 1.12 bits per heavy atom. The predicted octanol–water partition coefficient (Wildman–Crippen LogP) is 3.07. The Balaban J connectivity index is 1.42. The van der Waals surface area contributed by atoms with Gasteiger partial charge in [0, 0.05) is 24.4 Å². The molecule has 0 saturated carbocycles. The zero-order valence-corrected chi connectivity index (χ0v) is 19.3. The largest absolute Gasteiger partial charge is 0.493 e. The molecule has 0 spiro atoms. The number of fused-ring (bicyclic) bond motifs is 3. The van der Waals surface area contributed by atoms with Crippen LogP contribution in [-0.4, -0.2) is 36.8 Å². The van der Waals surface area contributed by atoms with E-state index in [1.54, 1.807) is 55.7 Å². The Hall–Kier alpha value is -3.07. The molecular formula is C23H27N3O5S. The first-order chi connectivity index (χ1) is 15.5. The van der Waals surface area contributed by atoms with E-state index >= 15 is 0 Å². The van der Waals surface area contributed by atoms with E-state index in [0.717, 1.165) is 40.6 Å². The lowest BCUT2D eigenvalue weighted by atomic mass is 9.97. The van der Waals surface area contributed by atoms with Crippen LogP contribution in [0, 0.1) is 0 Å². The zero-order chi connectivity index (χ0) is 22.7. The third-order valence-corrected chi connectivity index (χ3v) is 6.94. The molecule has 4 rings (SSSR count). The Bertz CT molecular complexity index is 1180. The molecular weight excluding hydrogens is 430 g/mol. The van der Waals surface area contributed by atoms with E-state index in [1.807, 2.05) is 0 Å². The highest BCUT2D eigenvalue weighted by molar-refractivity contribution is 7.18. The lowest BCUT2D eigenvalue weighted by Crippen LogP contribution is -2.27. The molecule has 0 unspecified atom stereocenters. The molecule has 2 heterocycles. The SMILES string of the molecule is COc1cc(CNC(=O)CCn2cnc3sc4c(c3c2=O)CCCC4)cc(OC)c1OC. The molecule has 9 heteroatoms. The number of methoxy groups -OCH3 is 3. The second-order valence-electron chi connectivity index (χ2n) is 7.69. The van der Waals surface area contributed by atoms with Crippen molar-refractivity contribution < 1.29 is 19.0 Å². The number of carbonyl (C=O) groups excluding carboxylic acids is 1. The van der Waals surface area contributed by atoms with Gasteiger partial charge in [-0.3, -0.25) is 14.2 Å². The highest BCUT2D eigenvalue weighted by Gasteiger charge is 2.20. The molecule has 0 fully saturated rings. The van der Waals surface area contributed by atoms with Crippen molar-refractivity contribution >= 4 is 27.5 Å². The number of hydrogen-bond donors (Lipinski definition) is 1. The van der Waals surface area contributed by atoms with Crippen LogP contribution in [0.4, 0.5) is 0 Å². The van der Waals surface area contributed by atoms with Crippen LogP contribution < -0.4 is 25.1 Å². The smallest absolute Gasteiger partial charge is 0.262 e. The maximum Gasteiger partial charge on any atom is 0.262 e. The number of aryl methyl sites for hydroxylation is 3. The zero-order valence-electron chi connectivity index (χ0n) is 18.5. The number of carbonyl (C=O) groups is 1. The van der Waals surface area contributed by atoms with Crippen LogP contribution in [0.2, 0.25) is 0 Å². The van der Waals surface area contributed by atoms with Crippen molar-refractivity contribution in [3.63, 3.8) is 0 Å². The number of hydrogen-bond acceptors (Lipinski definition) is 7. The second-order valence-corrected chi connectivity index (χ2v) is 8.78. The summed E-state index contributed by atoms with van der Waals surface area (Å²) in [4.78, 5) is 32.0. The van der Waals surface area contributed by atoms with Gasteiger partial charge in [-0.2, -0.15) is 0 Å². The van der Waals surface area contributed by atoms with Crippen LogP contribution in [-0.2, 0) is 30.7 Å². The van der Waals surface area contributed by atoms with Gasteiger partial charge in [0.25, 0.3) is 5.56 Å². The minimum Gasteiger partial charge on any atom is -0.493 e. The van der Waals surface area contributed by atoms with Crippen LogP contribution in [0.3, 0.4) is 0 Å². The Morgan fingerprint density at radius 2 is 1.84 bits per heavy atom. The van der Waals surface area contributed by atoms with Gasteiger partial charge in [-0.05, 0) is 48.9 Å². The molecule has 1 aliphatic carbocycles. The lowest BCUT2D eigenvalue weighted by molar-refractivity contribution is -0.121. The predicted molar refractivity (Wildman–Crippen MR) is 123 cm³/mol. The van der Waals surface area contributed by atoms with Crippen molar-refractivity contribution in [2.75, 3.05) is 21.3 Å². The van der Waals surface area contributed by atoms with Gasteiger partial charge in [0.15, 0.2) is 11.5 Å². The fraction of sp³-hybridized carbons (Fsp3) is 0.435. The number of nitrogens with one attached hydrogen (secondary N) is 1. The highest BCUT2D eigenvalue weighted by Crippen LogP contribution is 2.38. The molecule has 1 aromatic carbocycles. The molecule has 1 aliphatic rings. The van der Waals surface area contributed by atoms with Crippen molar-refractivity contribution in [3.8, 4) is 17.2 Å². The number of aromatic nitrogens is 2. The van der Waals surface area contributed by atoms with Gasteiger partial charge in [0.05, 0.1) is 33.0 Å². The normalized spacial score (nSPS) is 13.0. The van der Waals surface area contributed by atoms with E-state index in [-0.39, 0.29) is 24.4 Å². The van der Waals surface area contributed by atoms with Crippen molar-refractivity contribution in [1.82, 2.24) is 14.9 Å². The van der Waals surface area contributed by atoms with Crippen LogP contribution in [0.25, 0.3) is 10.2 Å². The molecule has 8 nitrogen and oxygen atoms in total. The molecule has 32 heavy (non-hydrogen) atoms. The monoisotopic (exact) mass is 457 g/mol. The van der Waals surface area contributed by atoms with Gasteiger partial charge in [-0.15, -0.1) is 11.3 Å². The summed E-state index contributed by atoms with van der Waals surface area (Å²) in [5.41, 5.74) is 1.93. The summed E-state index contributed by atoms with van der Waals surface area (Å²) in [6, 6.07) is 3.59. The molecule has 0 radical (unpaired) electrons. The molecule has 0 bridgehead atoms. The summed E-state index contributed by atoms with van der Waals surface area (Å²) in [7, 11) is 4.64. The summed E-state index contributed by atoms with van der Waals surface area (Å²) < 4.78 is 17.6. The quantitative estimate of drug-likeness (QED) is 0.559. The number of nitrogens with zero attached hydrogens (tertiary/aromatic N) is 2. The molecule has 0 aliphatic heterocycles. The Morgan fingerprint density at radius 3 is 2.53 bits per heavy atom. The van der Waals surface area contributed by atoms with E-state index in [0.29, 0.717) is 23.8 Å². The maximum atomic E-state index is 13.0. The minimum absolute atomic E-state index is 0.0492. The first kappa shape index (κ1) is 22.1. The van der Waals surface area contributed by atoms with E-state index < -0.39 is 0 Å². The van der Waals surface area contributed by atoms with Crippen LogP contribution in [0.1, 0.15) is 35.3 Å². The molecule has 1 N–H and O–H groups in total. The average Bonchev–Trinajstić information content (AvgIpc) is 3.20. The van der Waals surface area contributed by atoms with E-state index in [9.17, 15) is 9.59 Å². The molecule has 1 amide bonds. The van der Waals surface area contributed by atoms with Crippen LogP contribution in [0.15, 0.2) is 23.3 Å². The lowest BCUT2D eigenvalue weighted by Gasteiger charge is -2.14. The standard InChI is InChI=1S/C23H27N3O5S/c1-29-16-10-14(11-17(30-2)21(16)31-3)12-24-19(27)8-9-26-13-25-22-20(23(26)28)15-6-4-5-7-18(15)32-22/h10-11,13H,4-9,12H2,1-3H3,(H,24,27). The Kier molecular flexibility index (Phi) is 6.64. The maximum absolute atomic E-state index is 13.0. The first-order valence-corrected chi connectivity index (χ1v) is 11.4. The first-order valence-electron chi connectivity index (χ1n) is 10.6. The molecule has 0 saturated heterocycles. The highest BCUT2D eigenvalue weighted by atomic mass is 32.1. The minimum atomic E-state index is -0.155. The summed E-state index contributed by atoms with van der Waals surface area (Å²) >= 11 is 1.63. The fourth-order valence-electron chi connectivity index (χ4n) is 4.09. The topological polar surface area (TPSA) is 91.7 Å². The fourth-order valence-corrected chi connectivity index (χ4v) is 5.31. The molecule has 3 aromatic rings. The summed E-state index contributed by atoms with van der Waals surface area (Å²) in [6.07, 6.45) is 5.98. The molecule has 2 aromatic heterocycles. The average molecular weight is 458 g/mol. The summed E-state index contributed by atoms with van der Waals surface area (Å²) in [5.74, 6) is 1.41. The van der Waals surface area contributed by atoms with Crippen molar-refractivity contribution in [1.29, 1.82) is 0 Å². The Labute approximate surface area is 190 Å². The van der Waals surface area contributed by atoms with Crippen LogP contribution in [0.5, 0.6) is 17.2 Å². The van der Waals surface area contributed by atoms with Gasteiger partial charge < -0.3 is 19.5 Å². The van der Waals surface area contributed by atoms with Gasteiger partial charge in [-0.1, -0.05) is 0 Å². The van der Waals surface area contributed by atoms with E-state index in [2.05, 4.69) is 10.3 Å². The van der Waals surface area contributed by atoms with Crippen molar-refractivity contribution in [3.05, 3.63) is 44.8 Å². The molecule has 170 valence electrons. The third-order valence-electron chi connectivity index (χ3n) is 5.74. The number of ether oxygens (including phenoxy) is 3. The molecule has 0 atom stereocenters. The van der Waals surface area contributed by atoms with Gasteiger partial charge in [0.1, 0.15) is 4.83 Å². The number of amides is 1. The van der Waals surface area contributed by atoms with Gasteiger partial charge >= 0.3 is 0 Å².